The number of amides is 2. The highest BCUT2D eigenvalue weighted by molar-refractivity contribution is 6.39. The van der Waals surface area contributed by atoms with E-state index in [2.05, 4.69) is 10.5 Å². The Kier molecular flexibility index (Phi) is 3.53. The molecule has 1 aliphatic carbocycles. The molecule has 0 unspecified atom stereocenters. The predicted octanol–water partition coefficient (Wildman–Crippen LogP) is 1.43. The lowest BCUT2D eigenvalue weighted by atomic mass is 9.78. The van der Waals surface area contributed by atoms with E-state index < -0.39 is 0 Å². The van der Waals surface area contributed by atoms with Gasteiger partial charge >= 0.3 is 0 Å². The van der Waals surface area contributed by atoms with E-state index >= 15 is 0 Å². The Morgan fingerprint density at radius 2 is 1.95 bits per heavy atom. The summed E-state index contributed by atoms with van der Waals surface area (Å²) in [7, 11) is 0. The molecule has 0 aromatic heterocycles. The van der Waals surface area contributed by atoms with Gasteiger partial charge in [0.2, 0.25) is 5.91 Å². The highest BCUT2D eigenvalue weighted by Gasteiger charge is 2.37. The molecule has 5 heteroatoms. The van der Waals surface area contributed by atoms with E-state index in [4.69, 9.17) is 0 Å². The van der Waals surface area contributed by atoms with Crippen molar-refractivity contribution in [3.05, 3.63) is 0 Å². The van der Waals surface area contributed by atoms with Gasteiger partial charge in [-0.1, -0.05) is 12.8 Å². The molecule has 0 bridgehead atoms. The fourth-order valence-corrected chi connectivity index (χ4v) is 3.67. The molecule has 19 heavy (non-hydrogen) atoms. The molecule has 104 valence electrons. The molecule has 2 atom stereocenters. The molecule has 1 saturated carbocycles. The summed E-state index contributed by atoms with van der Waals surface area (Å²) in [5.41, 5.74) is 2.96. The Balaban J connectivity index is 1.73. The first-order valence-corrected chi connectivity index (χ1v) is 7.42. The molecule has 0 aromatic carbocycles. The second-order valence-electron chi connectivity index (χ2n) is 5.85. The third kappa shape index (κ3) is 2.51. The Bertz CT molecular complexity index is 417. The van der Waals surface area contributed by atoms with Crippen molar-refractivity contribution in [3.63, 3.8) is 0 Å². The number of likely N-dealkylation sites (tertiary alicyclic amines) is 1. The van der Waals surface area contributed by atoms with Gasteiger partial charge in [-0.15, -0.1) is 0 Å². The minimum Gasteiger partial charge on any atom is -0.334 e. The van der Waals surface area contributed by atoms with Gasteiger partial charge in [-0.2, -0.15) is 5.10 Å². The summed E-state index contributed by atoms with van der Waals surface area (Å²) >= 11 is 0. The number of nitrogens with zero attached hydrogens (tertiary/aromatic N) is 2. The van der Waals surface area contributed by atoms with Gasteiger partial charge in [-0.25, -0.2) is 5.43 Å². The lowest BCUT2D eigenvalue weighted by Crippen LogP contribution is -2.52. The van der Waals surface area contributed by atoms with Gasteiger partial charge in [-0.05, 0) is 31.6 Å². The second kappa shape index (κ2) is 5.31. The highest BCUT2D eigenvalue weighted by atomic mass is 16.2. The summed E-state index contributed by atoms with van der Waals surface area (Å²) in [5.74, 6) is 0.646. The largest absolute Gasteiger partial charge is 0.334 e. The van der Waals surface area contributed by atoms with E-state index in [-0.39, 0.29) is 11.8 Å². The van der Waals surface area contributed by atoms with Crippen LogP contribution in [0.25, 0.3) is 0 Å². The number of carbonyl (C=O) groups is 2. The third-order valence-electron chi connectivity index (χ3n) is 4.66. The maximum absolute atomic E-state index is 12.6. The lowest BCUT2D eigenvalue weighted by molar-refractivity contribution is -0.130. The number of hydrogen-bond acceptors (Lipinski definition) is 3. The standard InChI is InChI=1S/C14H21N3O2/c18-13-8-7-11(15-16-13)14(19)17-9-3-5-10-4-1-2-6-12(10)17/h10,12H,1-9H2,(H,16,18)/t10-,12-/m1/s1. The lowest BCUT2D eigenvalue weighted by Gasteiger charge is -2.44. The van der Waals surface area contributed by atoms with Crippen molar-refractivity contribution in [2.75, 3.05) is 6.54 Å². The van der Waals surface area contributed by atoms with Gasteiger partial charge < -0.3 is 4.90 Å². The minimum atomic E-state index is -0.0919. The molecule has 0 radical (unpaired) electrons. The summed E-state index contributed by atoms with van der Waals surface area (Å²) in [6, 6.07) is 0.412. The molecule has 3 rings (SSSR count). The molecule has 2 fully saturated rings. The van der Waals surface area contributed by atoms with E-state index in [1.165, 1.54) is 25.7 Å². The quantitative estimate of drug-likeness (QED) is 0.778. The van der Waals surface area contributed by atoms with Crippen LogP contribution in [0, 0.1) is 5.92 Å². The van der Waals surface area contributed by atoms with Gasteiger partial charge in [0, 0.05) is 25.4 Å². The highest BCUT2D eigenvalue weighted by Crippen LogP contribution is 2.35. The van der Waals surface area contributed by atoms with Crippen molar-refractivity contribution in [3.8, 4) is 0 Å². The normalized spacial score (nSPS) is 31.3. The van der Waals surface area contributed by atoms with Crippen LogP contribution in [0.1, 0.15) is 51.4 Å². The molecular formula is C14H21N3O2. The first-order chi connectivity index (χ1) is 9.25. The fourth-order valence-electron chi connectivity index (χ4n) is 3.67. The molecule has 1 saturated heterocycles. The van der Waals surface area contributed by atoms with Gasteiger partial charge in [0.25, 0.3) is 5.91 Å². The van der Waals surface area contributed by atoms with Crippen molar-refractivity contribution >= 4 is 17.5 Å². The van der Waals surface area contributed by atoms with Crippen LogP contribution in [0.2, 0.25) is 0 Å². The van der Waals surface area contributed by atoms with E-state index in [9.17, 15) is 9.59 Å². The molecule has 0 spiro atoms. The minimum absolute atomic E-state index is 0.0524. The summed E-state index contributed by atoms with van der Waals surface area (Å²) in [6.07, 6.45) is 8.16. The van der Waals surface area contributed by atoms with Crippen LogP contribution in [0.5, 0.6) is 0 Å². The first kappa shape index (κ1) is 12.6. The zero-order chi connectivity index (χ0) is 13.2. The average Bonchev–Trinajstić information content (AvgIpc) is 2.47. The average molecular weight is 263 g/mol. The van der Waals surface area contributed by atoms with Crippen LogP contribution in [-0.2, 0) is 9.59 Å². The number of nitrogens with one attached hydrogen (secondary N) is 1. The Morgan fingerprint density at radius 1 is 1.16 bits per heavy atom. The van der Waals surface area contributed by atoms with E-state index in [1.54, 1.807) is 0 Å². The summed E-state index contributed by atoms with van der Waals surface area (Å²) < 4.78 is 0. The zero-order valence-corrected chi connectivity index (χ0v) is 11.2. The summed E-state index contributed by atoms with van der Waals surface area (Å²) in [4.78, 5) is 25.7. The molecular weight excluding hydrogens is 242 g/mol. The molecule has 5 nitrogen and oxygen atoms in total. The van der Waals surface area contributed by atoms with E-state index in [1.807, 2.05) is 4.90 Å². The van der Waals surface area contributed by atoms with Crippen LogP contribution in [0.15, 0.2) is 5.10 Å². The Labute approximate surface area is 113 Å². The molecule has 1 N–H and O–H groups in total. The number of fused-ring (bicyclic) bond motifs is 1. The molecule has 0 aromatic rings. The van der Waals surface area contributed by atoms with Gasteiger partial charge in [0.15, 0.2) is 0 Å². The Hall–Kier alpha value is -1.39. The monoisotopic (exact) mass is 263 g/mol. The predicted molar refractivity (Wildman–Crippen MR) is 71.5 cm³/mol. The van der Waals surface area contributed by atoms with Crippen LogP contribution >= 0.6 is 0 Å². The van der Waals surface area contributed by atoms with Gasteiger partial charge in [-0.3, -0.25) is 9.59 Å². The molecule has 2 aliphatic heterocycles. The maximum Gasteiger partial charge on any atom is 0.270 e. The van der Waals surface area contributed by atoms with Crippen molar-refractivity contribution in [2.45, 2.75) is 57.4 Å². The van der Waals surface area contributed by atoms with Gasteiger partial charge in [0.1, 0.15) is 5.71 Å². The number of piperidine rings is 1. The molecule has 2 amide bonds. The van der Waals surface area contributed by atoms with Crippen molar-refractivity contribution in [2.24, 2.45) is 11.0 Å². The zero-order valence-electron chi connectivity index (χ0n) is 11.2. The first-order valence-electron chi connectivity index (χ1n) is 7.42. The SMILES string of the molecule is O=C1CCC(C(=O)N2CCC[C@H]3CCCC[C@H]32)=NN1. The number of hydrogen-bond donors (Lipinski definition) is 1. The topological polar surface area (TPSA) is 61.8 Å². The van der Waals surface area contributed by atoms with E-state index in [0.717, 1.165) is 19.4 Å². The van der Waals surface area contributed by atoms with Crippen LogP contribution in [0.4, 0.5) is 0 Å². The van der Waals surface area contributed by atoms with Crippen LogP contribution in [-0.4, -0.2) is 35.0 Å². The van der Waals surface area contributed by atoms with Crippen molar-refractivity contribution in [1.29, 1.82) is 0 Å². The third-order valence-corrected chi connectivity index (χ3v) is 4.66. The number of hydrazone groups is 1. The maximum atomic E-state index is 12.6. The Morgan fingerprint density at radius 3 is 2.74 bits per heavy atom. The van der Waals surface area contributed by atoms with Crippen LogP contribution in [0.3, 0.4) is 0 Å². The number of rotatable bonds is 1. The van der Waals surface area contributed by atoms with Crippen LogP contribution < -0.4 is 5.43 Å². The summed E-state index contributed by atoms with van der Waals surface area (Å²) in [5, 5.41) is 3.95. The number of carbonyl (C=O) groups excluding carboxylic acids is 2. The van der Waals surface area contributed by atoms with Crippen molar-refractivity contribution in [1.82, 2.24) is 10.3 Å². The summed E-state index contributed by atoms with van der Waals surface area (Å²) in [6.45, 7) is 0.854. The second-order valence-corrected chi connectivity index (χ2v) is 5.85. The van der Waals surface area contributed by atoms with Crippen molar-refractivity contribution < 1.29 is 9.59 Å². The smallest absolute Gasteiger partial charge is 0.270 e. The molecule has 3 aliphatic rings. The van der Waals surface area contributed by atoms with Gasteiger partial charge in [0.05, 0.1) is 0 Å². The molecule has 2 heterocycles. The van der Waals surface area contributed by atoms with E-state index in [0.29, 0.717) is 30.5 Å². The fraction of sp³-hybridized carbons (Fsp3) is 0.786.